The smallest absolute Gasteiger partial charge is 0.243 e. The summed E-state index contributed by atoms with van der Waals surface area (Å²) >= 11 is 0. The van der Waals surface area contributed by atoms with Crippen molar-refractivity contribution in [3.05, 3.63) is 95.3 Å². The van der Waals surface area contributed by atoms with Crippen molar-refractivity contribution in [2.75, 3.05) is 13.7 Å². The molecule has 182 valence electrons. The topological polar surface area (TPSA) is 46.6 Å². The molecule has 0 bridgehead atoms. The van der Waals surface area contributed by atoms with Crippen LogP contribution >= 0.6 is 0 Å². The maximum Gasteiger partial charge on any atom is 0.243 e. The second-order valence-electron chi connectivity index (χ2n) is 8.75. The number of methoxy groups -OCH3 is 1. The fourth-order valence-corrected chi connectivity index (χ4v) is 5.50. The molecule has 4 nitrogen and oxygen atoms in total. The summed E-state index contributed by atoms with van der Waals surface area (Å²) in [6.07, 6.45) is 3.55. The van der Waals surface area contributed by atoms with Gasteiger partial charge >= 0.3 is 0 Å². The van der Waals surface area contributed by atoms with Crippen LogP contribution in [0.5, 0.6) is 5.75 Å². The van der Waals surface area contributed by atoms with Crippen molar-refractivity contribution in [1.29, 1.82) is 0 Å². The molecule has 0 unspecified atom stereocenters. The van der Waals surface area contributed by atoms with E-state index in [1.165, 1.54) is 12.1 Å². The van der Waals surface area contributed by atoms with E-state index in [4.69, 9.17) is 4.74 Å². The van der Waals surface area contributed by atoms with E-state index in [-0.39, 0.29) is 11.7 Å². The van der Waals surface area contributed by atoms with Crippen molar-refractivity contribution >= 4 is 10.0 Å². The molecule has 0 amide bonds. The largest absolute Gasteiger partial charge is 0.497 e. The Morgan fingerprint density at radius 3 is 2.12 bits per heavy atom. The van der Waals surface area contributed by atoms with Gasteiger partial charge in [0.25, 0.3) is 0 Å². The number of nitrogens with zero attached hydrogens (tertiary/aromatic N) is 1. The lowest BCUT2D eigenvalue weighted by molar-refractivity contribution is 0.313. The van der Waals surface area contributed by atoms with Crippen LogP contribution in [-0.2, 0) is 23.0 Å². The van der Waals surface area contributed by atoms with Crippen LogP contribution in [0.2, 0.25) is 0 Å². The van der Waals surface area contributed by atoms with Crippen molar-refractivity contribution in [1.82, 2.24) is 4.31 Å². The summed E-state index contributed by atoms with van der Waals surface area (Å²) in [4.78, 5) is 0.313. The van der Waals surface area contributed by atoms with Gasteiger partial charge in [-0.2, -0.15) is 4.31 Å². The van der Waals surface area contributed by atoms with Crippen LogP contribution in [0.4, 0.5) is 4.39 Å². The average molecular weight is 484 g/mol. The molecule has 3 rings (SSSR count). The number of sulfonamides is 1. The highest BCUT2D eigenvalue weighted by Gasteiger charge is 2.27. The first kappa shape index (κ1) is 25.9. The van der Waals surface area contributed by atoms with Crippen LogP contribution in [0.1, 0.15) is 42.9 Å². The van der Waals surface area contributed by atoms with Gasteiger partial charge in [0.15, 0.2) is 0 Å². The molecule has 0 spiro atoms. The fourth-order valence-electron chi connectivity index (χ4n) is 4.00. The van der Waals surface area contributed by atoms with Gasteiger partial charge in [0.1, 0.15) is 11.6 Å². The Kier molecular flexibility index (Phi) is 9.25. The molecule has 0 N–H and O–H groups in total. The third-order valence-electron chi connectivity index (χ3n) is 6.21. The lowest BCUT2D eigenvalue weighted by atomic mass is 9.97. The zero-order valence-electron chi connectivity index (χ0n) is 20.2. The molecule has 0 saturated heterocycles. The maximum absolute atomic E-state index is 13.6. The SMILES string of the molecule is CC[C@H](CCCc1ccc(F)cc1)CN(Cc1ccc(OC)cc1)S(=O)(=O)c1ccc(C)cc1. The minimum absolute atomic E-state index is 0.221. The predicted octanol–water partition coefficient (Wildman–Crippen LogP) is 6.38. The van der Waals surface area contributed by atoms with Gasteiger partial charge in [-0.3, -0.25) is 0 Å². The Labute approximate surface area is 203 Å². The van der Waals surface area contributed by atoms with Gasteiger partial charge in [-0.05, 0) is 79.6 Å². The molecule has 6 heteroatoms. The lowest BCUT2D eigenvalue weighted by Gasteiger charge is -2.27. The monoisotopic (exact) mass is 483 g/mol. The summed E-state index contributed by atoms with van der Waals surface area (Å²) < 4.78 is 47.2. The van der Waals surface area contributed by atoms with E-state index in [1.54, 1.807) is 23.5 Å². The molecule has 0 radical (unpaired) electrons. The Morgan fingerprint density at radius 1 is 0.912 bits per heavy atom. The number of hydrogen-bond acceptors (Lipinski definition) is 3. The number of hydrogen-bond donors (Lipinski definition) is 0. The van der Waals surface area contributed by atoms with Gasteiger partial charge in [0.2, 0.25) is 10.0 Å². The molecule has 34 heavy (non-hydrogen) atoms. The number of halogens is 1. The number of ether oxygens (including phenoxy) is 1. The maximum atomic E-state index is 13.6. The molecule has 0 saturated carbocycles. The zero-order chi connectivity index (χ0) is 24.6. The first-order chi connectivity index (χ1) is 16.3. The van der Waals surface area contributed by atoms with Crippen molar-refractivity contribution in [2.24, 2.45) is 5.92 Å². The third kappa shape index (κ3) is 7.15. The van der Waals surface area contributed by atoms with Crippen molar-refractivity contribution in [3.63, 3.8) is 0 Å². The predicted molar refractivity (Wildman–Crippen MR) is 135 cm³/mol. The third-order valence-corrected chi connectivity index (χ3v) is 8.03. The summed E-state index contributed by atoms with van der Waals surface area (Å²) in [6, 6.07) is 21.1. The van der Waals surface area contributed by atoms with Crippen LogP contribution < -0.4 is 4.74 Å². The molecule has 0 aliphatic heterocycles. The second kappa shape index (κ2) is 12.1. The van der Waals surface area contributed by atoms with Gasteiger partial charge in [-0.1, -0.05) is 55.3 Å². The first-order valence-electron chi connectivity index (χ1n) is 11.8. The van der Waals surface area contributed by atoms with Crippen molar-refractivity contribution < 1.29 is 17.5 Å². The standard InChI is InChI=1S/C28H34FNO3S/c1-4-23(6-5-7-24-10-14-26(29)15-11-24)20-30(21-25-12-16-27(33-3)17-13-25)34(31,32)28-18-8-22(2)9-19-28/h8-19,23H,4-7,20-21H2,1-3H3/t23-/m1/s1. The summed E-state index contributed by atoms with van der Waals surface area (Å²) in [5, 5.41) is 0. The summed E-state index contributed by atoms with van der Waals surface area (Å²) in [5.74, 6) is 0.730. The lowest BCUT2D eigenvalue weighted by Crippen LogP contribution is -2.35. The van der Waals surface area contributed by atoms with Gasteiger partial charge in [0.05, 0.1) is 12.0 Å². The molecular weight excluding hydrogens is 449 g/mol. The number of rotatable bonds is 12. The molecule has 3 aromatic rings. The van der Waals surface area contributed by atoms with Crippen molar-refractivity contribution in [2.45, 2.75) is 51.0 Å². The zero-order valence-corrected chi connectivity index (χ0v) is 21.0. The van der Waals surface area contributed by atoms with E-state index in [0.717, 1.165) is 48.1 Å². The minimum Gasteiger partial charge on any atom is -0.497 e. The Balaban J connectivity index is 1.76. The Bertz CT molecular complexity index is 1130. The molecule has 0 fully saturated rings. The van der Waals surface area contributed by atoms with Crippen LogP contribution in [0.3, 0.4) is 0 Å². The van der Waals surface area contributed by atoms with E-state index < -0.39 is 10.0 Å². The molecule has 0 aliphatic carbocycles. The highest BCUT2D eigenvalue weighted by Crippen LogP contribution is 2.24. The molecule has 1 atom stereocenters. The highest BCUT2D eigenvalue weighted by molar-refractivity contribution is 7.89. The summed E-state index contributed by atoms with van der Waals surface area (Å²) in [5.41, 5.74) is 3.03. The molecular formula is C28H34FNO3S. The van der Waals surface area contributed by atoms with Gasteiger partial charge in [-0.25, -0.2) is 12.8 Å². The van der Waals surface area contributed by atoms with E-state index in [9.17, 15) is 12.8 Å². The Morgan fingerprint density at radius 2 is 1.53 bits per heavy atom. The number of aryl methyl sites for hydroxylation is 2. The average Bonchev–Trinajstić information content (AvgIpc) is 2.84. The normalized spacial score (nSPS) is 12.6. The van der Waals surface area contributed by atoms with Crippen LogP contribution in [0, 0.1) is 18.7 Å². The quantitative estimate of drug-likeness (QED) is 0.300. The first-order valence-corrected chi connectivity index (χ1v) is 13.2. The molecule has 0 heterocycles. The van der Waals surface area contributed by atoms with E-state index in [1.807, 2.05) is 55.5 Å². The van der Waals surface area contributed by atoms with E-state index in [2.05, 4.69) is 6.92 Å². The van der Waals surface area contributed by atoms with E-state index in [0.29, 0.717) is 18.0 Å². The number of benzene rings is 3. The highest BCUT2D eigenvalue weighted by atomic mass is 32.2. The second-order valence-corrected chi connectivity index (χ2v) is 10.7. The van der Waals surface area contributed by atoms with Gasteiger partial charge in [-0.15, -0.1) is 0 Å². The Hall–Kier alpha value is -2.70. The fraction of sp³-hybridized carbons (Fsp3) is 0.357. The van der Waals surface area contributed by atoms with Crippen LogP contribution in [0.15, 0.2) is 77.7 Å². The van der Waals surface area contributed by atoms with E-state index >= 15 is 0 Å². The summed E-state index contributed by atoms with van der Waals surface area (Å²) in [7, 11) is -2.05. The van der Waals surface area contributed by atoms with Gasteiger partial charge in [0, 0.05) is 13.1 Å². The molecule has 0 aromatic heterocycles. The summed E-state index contributed by atoms with van der Waals surface area (Å²) in [6.45, 7) is 4.79. The van der Waals surface area contributed by atoms with Crippen molar-refractivity contribution in [3.8, 4) is 5.75 Å². The molecule has 3 aromatic carbocycles. The van der Waals surface area contributed by atoms with Gasteiger partial charge < -0.3 is 4.74 Å². The molecule has 0 aliphatic rings. The van der Waals surface area contributed by atoms with Crippen LogP contribution in [0.25, 0.3) is 0 Å². The van der Waals surface area contributed by atoms with Crippen LogP contribution in [-0.4, -0.2) is 26.4 Å². The minimum atomic E-state index is -3.66.